The maximum Gasteiger partial charge on any atom is -0.0414 e. The van der Waals surface area contributed by atoms with Gasteiger partial charge in [0.1, 0.15) is 0 Å². The standard InChI is InChI=1S/C12H22/c1-2-5-11(6-3-1)7-4-8-12-9-10-12/h11-12H,1-10H2. The highest BCUT2D eigenvalue weighted by Gasteiger charge is 2.21. The van der Waals surface area contributed by atoms with Crippen molar-refractivity contribution in [1.29, 1.82) is 0 Å². The van der Waals surface area contributed by atoms with Gasteiger partial charge in [0.15, 0.2) is 0 Å². The third-order valence-electron chi connectivity index (χ3n) is 3.65. The Morgan fingerprint density at radius 1 is 0.667 bits per heavy atom. The van der Waals surface area contributed by atoms with Crippen LogP contribution in [-0.2, 0) is 0 Å². The highest BCUT2D eigenvalue weighted by molar-refractivity contribution is 4.74. The van der Waals surface area contributed by atoms with Crippen LogP contribution in [0.2, 0.25) is 0 Å². The van der Waals surface area contributed by atoms with E-state index < -0.39 is 0 Å². The molecule has 0 bridgehead atoms. The predicted molar refractivity (Wildman–Crippen MR) is 53.2 cm³/mol. The van der Waals surface area contributed by atoms with Crippen LogP contribution in [0.3, 0.4) is 0 Å². The van der Waals surface area contributed by atoms with Gasteiger partial charge >= 0.3 is 0 Å². The molecule has 0 heterocycles. The lowest BCUT2D eigenvalue weighted by Gasteiger charge is -2.21. The Bertz CT molecular complexity index is 118. The van der Waals surface area contributed by atoms with E-state index >= 15 is 0 Å². The smallest absolute Gasteiger partial charge is 0.0414 e. The molecule has 0 heteroatoms. The van der Waals surface area contributed by atoms with Crippen molar-refractivity contribution in [3.05, 3.63) is 0 Å². The molecule has 2 aliphatic carbocycles. The van der Waals surface area contributed by atoms with E-state index in [0.29, 0.717) is 0 Å². The Balaban J connectivity index is 1.52. The normalized spacial score (nSPS) is 26.0. The molecule has 0 atom stereocenters. The van der Waals surface area contributed by atoms with Crippen LogP contribution < -0.4 is 0 Å². The summed E-state index contributed by atoms with van der Waals surface area (Å²) in [5, 5.41) is 0. The van der Waals surface area contributed by atoms with Crippen molar-refractivity contribution in [2.75, 3.05) is 0 Å². The first-order chi connectivity index (χ1) is 5.95. The molecule has 2 rings (SSSR count). The molecule has 12 heavy (non-hydrogen) atoms. The molecule has 2 fully saturated rings. The fourth-order valence-corrected chi connectivity index (χ4v) is 2.58. The second-order valence-corrected chi connectivity index (χ2v) is 4.88. The zero-order chi connectivity index (χ0) is 8.23. The molecule has 0 aliphatic heterocycles. The summed E-state index contributed by atoms with van der Waals surface area (Å²) < 4.78 is 0. The Labute approximate surface area is 76.7 Å². The monoisotopic (exact) mass is 166 g/mol. The molecule has 0 spiro atoms. The van der Waals surface area contributed by atoms with Crippen molar-refractivity contribution in [3.63, 3.8) is 0 Å². The largest absolute Gasteiger partial charge is 0.0533 e. The van der Waals surface area contributed by atoms with Crippen LogP contribution in [-0.4, -0.2) is 0 Å². The highest BCUT2D eigenvalue weighted by Crippen LogP contribution is 2.35. The quantitative estimate of drug-likeness (QED) is 0.588. The zero-order valence-electron chi connectivity index (χ0n) is 8.23. The van der Waals surface area contributed by atoms with Crippen molar-refractivity contribution >= 4 is 0 Å². The van der Waals surface area contributed by atoms with Gasteiger partial charge in [0.2, 0.25) is 0 Å². The molecule has 2 aliphatic rings. The molecule has 0 nitrogen and oxygen atoms in total. The van der Waals surface area contributed by atoms with Crippen LogP contribution in [0.25, 0.3) is 0 Å². The fourth-order valence-electron chi connectivity index (χ4n) is 2.58. The molecule has 0 aromatic heterocycles. The Morgan fingerprint density at radius 2 is 1.25 bits per heavy atom. The maximum absolute atomic E-state index is 1.55. The van der Waals surface area contributed by atoms with Gasteiger partial charge in [-0.1, -0.05) is 64.2 Å². The summed E-state index contributed by atoms with van der Waals surface area (Å²) in [6, 6.07) is 0. The van der Waals surface area contributed by atoms with Crippen LogP contribution in [0.15, 0.2) is 0 Å². The van der Waals surface area contributed by atoms with E-state index in [1.807, 2.05) is 0 Å². The lowest BCUT2D eigenvalue weighted by molar-refractivity contribution is 0.327. The molecular weight excluding hydrogens is 144 g/mol. The number of rotatable bonds is 4. The molecule has 0 aromatic carbocycles. The maximum atomic E-state index is 1.55. The van der Waals surface area contributed by atoms with Gasteiger partial charge in [0.05, 0.1) is 0 Å². The van der Waals surface area contributed by atoms with Crippen LogP contribution >= 0.6 is 0 Å². The summed E-state index contributed by atoms with van der Waals surface area (Å²) in [5.74, 6) is 2.28. The van der Waals surface area contributed by atoms with Gasteiger partial charge in [-0.05, 0) is 11.8 Å². The summed E-state index contributed by atoms with van der Waals surface area (Å²) in [5.41, 5.74) is 0. The van der Waals surface area contributed by atoms with E-state index in [2.05, 4.69) is 0 Å². The predicted octanol–water partition coefficient (Wildman–Crippen LogP) is 4.15. The minimum Gasteiger partial charge on any atom is -0.0533 e. The molecule has 0 unspecified atom stereocenters. The van der Waals surface area contributed by atoms with Crippen molar-refractivity contribution in [3.8, 4) is 0 Å². The van der Waals surface area contributed by atoms with Crippen LogP contribution in [0.1, 0.15) is 64.2 Å². The third-order valence-corrected chi connectivity index (χ3v) is 3.65. The SMILES string of the molecule is C1CCC(CCCC2CC2)CC1. The molecule has 2 saturated carbocycles. The van der Waals surface area contributed by atoms with Gasteiger partial charge in [-0.2, -0.15) is 0 Å². The van der Waals surface area contributed by atoms with E-state index in [1.165, 1.54) is 25.7 Å². The first kappa shape index (κ1) is 8.59. The zero-order valence-corrected chi connectivity index (χ0v) is 8.23. The summed E-state index contributed by atoms with van der Waals surface area (Å²) in [7, 11) is 0. The van der Waals surface area contributed by atoms with Crippen LogP contribution in [0.4, 0.5) is 0 Å². The van der Waals surface area contributed by atoms with Crippen LogP contribution in [0.5, 0.6) is 0 Å². The van der Waals surface area contributed by atoms with E-state index in [4.69, 9.17) is 0 Å². The molecule has 0 amide bonds. The van der Waals surface area contributed by atoms with Crippen LogP contribution in [0, 0.1) is 11.8 Å². The Kier molecular flexibility index (Phi) is 3.08. The minimum atomic E-state index is 1.12. The van der Waals surface area contributed by atoms with Gasteiger partial charge < -0.3 is 0 Å². The van der Waals surface area contributed by atoms with Crippen molar-refractivity contribution in [1.82, 2.24) is 0 Å². The summed E-state index contributed by atoms with van der Waals surface area (Å²) in [6.45, 7) is 0. The Morgan fingerprint density at radius 3 is 1.83 bits per heavy atom. The highest BCUT2D eigenvalue weighted by atomic mass is 14.3. The van der Waals surface area contributed by atoms with E-state index in [-0.39, 0.29) is 0 Å². The molecule has 0 aromatic rings. The van der Waals surface area contributed by atoms with Crippen molar-refractivity contribution in [2.24, 2.45) is 11.8 Å². The number of hydrogen-bond acceptors (Lipinski definition) is 0. The van der Waals surface area contributed by atoms with Crippen molar-refractivity contribution < 1.29 is 0 Å². The molecular formula is C12H22. The second-order valence-electron chi connectivity index (χ2n) is 4.88. The molecule has 0 saturated heterocycles. The summed E-state index contributed by atoms with van der Waals surface area (Å²) >= 11 is 0. The van der Waals surface area contributed by atoms with Crippen molar-refractivity contribution in [2.45, 2.75) is 64.2 Å². The lowest BCUT2D eigenvalue weighted by Crippen LogP contribution is -2.05. The van der Waals surface area contributed by atoms with Gasteiger partial charge in [-0.15, -0.1) is 0 Å². The van der Waals surface area contributed by atoms with E-state index in [9.17, 15) is 0 Å². The average Bonchev–Trinajstić information content (AvgIpc) is 2.90. The molecule has 70 valence electrons. The van der Waals surface area contributed by atoms with Gasteiger partial charge in [-0.25, -0.2) is 0 Å². The minimum absolute atomic E-state index is 1.12. The third kappa shape index (κ3) is 2.80. The fraction of sp³-hybridized carbons (Fsp3) is 1.00. The first-order valence-corrected chi connectivity index (χ1v) is 5.95. The Hall–Kier alpha value is 0. The van der Waals surface area contributed by atoms with E-state index in [1.54, 1.807) is 38.5 Å². The summed E-state index contributed by atoms with van der Waals surface area (Å²) in [6.07, 6.45) is 15.4. The lowest BCUT2D eigenvalue weighted by atomic mass is 9.85. The number of hydrogen-bond donors (Lipinski definition) is 0. The van der Waals surface area contributed by atoms with Gasteiger partial charge in [-0.3, -0.25) is 0 Å². The van der Waals surface area contributed by atoms with Gasteiger partial charge in [0, 0.05) is 0 Å². The molecule has 0 radical (unpaired) electrons. The average molecular weight is 166 g/mol. The summed E-state index contributed by atoms with van der Waals surface area (Å²) in [4.78, 5) is 0. The van der Waals surface area contributed by atoms with E-state index in [0.717, 1.165) is 11.8 Å². The first-order valence-electron chi connectivity index (χ1n) is 5.95. The second kappa shape index (κ2) is 4.30. The van der Waals surface area contributed by atoms with Gasteiger partial charge in [0.25, 0.3) is 0 Å². The topological polar surface area (TPSA) is 0 Å². The molecule has 0 N–H and O–H groups in total.